The zero-order valence-corrected chi connectivity index (χ0v) is 18.7. The molecule has 2 aromatic rings. The largest absolute Gasteiger partial charge is 0.326 e. The van der Waals surface area contributed by atoms with E-state index < -0.39 is 0 Å². The molecule has 1 heterocycles. The predicted molar refractivity (Wildman–Crippen MR) is 127 cm³/mol. The highest BCUT2D eigenvalue weighted by Crippen LogP contribution is 2.31. The molecule has 2 aromatic carbocycles. The number of rotatable bonds is 7. The van der Waals surface area contributed by atoms with Crippen LogP contribution in [0.25, 0.3) is 6.08 Å². The summed E-state index contributed by atoms with van der Waals surface area (Å²) < 4.78 is 1.49. The summed E-state index contributed by atoms with van der Waals surface area (Å²) in [6.45, 7) is 0.429. The third kappa shape index (κ3) is 6.39. The second kappa shape index (κ2) is 10.5. The Kier molecular flexibility index (Phi) is 7.80. The molecule has 1 aliphatic rings. The van der Waals surface area contributed by atoms with Crippen LogP contribution in [0.1, 0.15) is 18.4 Å². The maximum absolute atomic E-state index is 12.6. The van der Waals surface area contributed by atoms with Crippen LogP contribution in [0.2, 0.25) is 0 Å². The Morgan fingerprint density at radius 3 is 2.59 bits per heavy atom. The van der Waals surface area contributed by atoms with Crippen molar-refractivity contribution in [3.05, 3.63) is 81.7 Å². The number of benzene rings is 2. The van der Waals surface area contributed by atoms with Crippen LogP contribution < -0.4 is 5.32 Å². The van der Waals surface area contributed by atoms with Gasteiger partial charge in [0, 0.05) is 23.1 Å². The molecule has 1 aliphatic heterocycles. The lowest BCUT2D eigenvalue weighted by molar-refractivity contribution is -0.122. The van der Waals surface area contributed by atoms with Crippen LogP contribution in [-0.2, 0) is 9.59 Å². The smallest absolute Gasteiger partial charge is 0.266 e. The van der Waals surface area contributed by atoms with E-state index in [-0.39, 0.29) is 11.8 Å². The monoisotopic (exact) mass is 486 g/mol. The van der Waals surface area contributed by atoms with E-state index in [0.717, 1.165) is 15.7 Å². The van der Waals surface area contributed by atoms with Crippen molar-refractivity contribution in [2.24, 2.45) is 0 Å². The van der Waals surface area contributed by atoms with Crippen molar-refractivity contribution in [2.45, 2.75) is 12.8 Å². The number of hydrogen-bond donors (Lipinski definition) is 1. The molecular weight excluding hydrogens is 468 g/mol. The minimum atomic E-state index is -0.106. The van der Waals surface area contributed by atoms with Gasteiger partial charge in [0.05, 0.1) is 4.91 Å². The summed E-state index contributed by atoms with van der Waals surface area (Å²) in [5.41, 5.74) is 1.81. The fraction of sp³-hybridized carbons (Fsp3) is 0.136. The molecule has 0 aromatic heterocycles. The van der Waals surface area contributed by atoms with Crippen molar-refractivity contribution in [3.8, 4) is 0 Å². The van der Waals surface area contributed by atoms with E-state index in [1.165, 1.54) is 11.8 Å². The number of nitrogens with zero attached hydrogens (tertiary/aromatic N) is 1. The molecule has 0 spiro atoms. The van der Waals surface area contributed by atoms with Crippen LogP contribution in [0, 0.1) is 0 Å². The summed E-state index contributed by atoms with van der Waals surface area (Å²) in [6, 6.07) is 17.3. The van der Waals surface area contributed by atoms with Gasteiger partial charge in [-0.3, -0.25) is 14.5 Å². The number of amides is 2. The lowest BCUT2D eigenvalue weighted by Crippen LogP contribution is -2.29. The van der Waals surface area contributed by atoms with E-state index in [1.807, 2.05) is 66.7 Å². The quantitative estimate of drug-likeness (QED) is 0.407. The summed E-state index contributed by atoms with van der Waals surface area (Å²) in [5.74, 6) is -0.190. The van der Waals surface area contributed by atoms with Crippen LogP contribution in [0.4, 0.5) is 5.69 Å². The number of nitrogens with one attached hydrogen (secondary N) is 1. The van der Waals surface area contributed by atoms with Crippen LogP contribution in [0.15, 0.2) is 76.1 Å². The van der Waals surface area contributed by atoms with E-state index in [9.17, 15) is 9.59 Å². The molecule has 0 radical (unpaired) electrons. The maximum Gasteiger partial charge on any atom is 0.266 e. The number of allylic oxidation sites excluding steroid dienone is 2. The molecule has 148 valence electrons. The topological polar surface area (TPSA) is 49.4 Å². The summed E-state index contributed by atoms with van der Waals surface area (Å²) >= 11 is 9.99. The molecule has 0 bridgehead atoms. The number of hydrogen-bond acceptors (Lipinski definition) is 4. The van der Waals surface area contributed by atoms with Gasteiger partial charge in [-0.2, -0.15) is 0 Å². The highest BCUT2D eigenvalue weighted by molar-refractivity contribution is 9.10. The second-order valence-electron chi connectivity index (χ2n) is 6.28. The van der Waals surface area contributed by atoms with Crippen molar-refractivity contribution in [2.75, 3.05) is 11.9 Å². The minimum absolute atomic E-state index is 0.0842. The first-order valence-corrected chi connectivity index (χ1v) is 11.1. The molecule has 2 amide bonds. The van der Waals surface area contributed by atoms with Gasteiger partial charge in [0.2, 0.25) is 5.91 Å². The number of carbonyl (C=O) groups is 2. The first kappa shape index (κ1) is 21.5. The summed E-state index contributed by atoms with van der Waals surface area (Å²) in [6.07, 6.45) is 6.45. The Morgan fingerprint density at radius 1 is 1.14 bits per heavy atom. The van der Waals surface area contributed by atoms with Gasteiger partial charge in [-0.15, -0.1) is 0 Å². The predicted octanol–water partition coefficient (Wildman–Crippen LogP) is 5.63. The molecule has 1 N–H and O–H groups in total. The molecular formula is C22H19BrN2O2S2. The van der Waals surface area contributed by atoms with Crippen molar-refractivity contribution in [3.63, 3.8) is 0 Å². The number of halogens is 1. The molecule has 7 heteroatoms. The van der Waals surface area contributed by atoms with Crippen LogP contribution in [0.3, 0.4) is 0 Å². The SMILES string of the molecule is O=C(CCCN1C(=O)C(=CC=Cc2ccccc2)SC1=S)Nc1ccc(Br)cc1. The first-order chi connectivity index (χ1) is 14.0. The van der Waals surface area contributed by atoms with Crippen molar-refractivity contribution >= 4 is 67.8 Å². The van der Waals surface area contributed by atoms with Crippen molar-refractivity contribution < 1.29 is 9.59 Å². The van der Waals surface area contributed by atoms with Crippen LogP contribution in [-0.4, -0.2) is 27.6 Å². The fourth-order valence-corrected chi connectivity index (χ4v) is 4.20. The Morgan fingerprint density at radius 2 is 1.86 bits per heavy atom. The standard InChI is InChI=1S/C22H19BrN2O2S2/c23-17-11-13-18(14-12-17)24-20(26)10-5-15-25-21(27)19(29-22(25)28)9-4-8-16-6-2-1-3-7-16/h1-4,6-9,11-14H,5,10,15H2,(H,24,26). The van der Waals surface area contributed by atoms with E-state index in [1.54, 1.807) is 11.0 Å². The Bertz CT molecular complexity index is 957. The van der Waals surface area contributed by atoms with Gasteiger partial charge >= 0.3 is 0 Å². The molecule has 29 heavy (non-hydrogen) atoms. The van der Waals surface area contributed by atoms with E-state index in [2.05, 4.69) is 21.2 Å². The lowest BCUT2D eigenvalue weighted by atomic mass is 10.2. The second-order valence-corrected chi connectivity index (χ2v) is 8.88. The molecule has 0 aliphatic carbocycles. The van der Waals surface area contributed by atoms with Crippen LogP contribution in [0.5, 0.6) is 0 Å². The third-order valence-corrected chi connectivity index (χ3v) is 6.05. The normalized spacial score (nSPS) is 15.5. The molecule has 3 rings (SSSR count). The Hall–Kier alpha value is -2.22. The zero-order chi connectivity index (χ0) is 20.6. The highest BCUT2D eigenvalue weighted by atomic mass is 79.9. The molecule has 1 fully saturated rings. The van der Waals surface area contributed by atoms with Crippen molar-refractivity contribution in [1.82, 2.24) is 4.90 Å². The Balaban J connectivity index is 1.48. The first-order valence-electron chi connectivity index (χ1n) is 9.05. The van der Waals surface area contributed by atoms with Gasteiger partial charge in [-0.1, -0.05) is 82.4 Å². The number of anilines is 1. The Labute approximate surface area is 188 Å². The molecule has 1 saturated heterocycles. The summed E-state index contributed by atoms with van der Waals surface area (Å²) in [5, 5.41) is 2.85. The molecule has 0 unspecified atom stereocenters. The van der Waals surface area contributed by atoms with Gasteiger partial charge in [0.15, 0.2) is 0 Å². The zero-order valence-electron chi connectivity index (χ0n) is 15.5. The van der Waals surface area contributed by atoms with Crippen molar-refractivity contribution in [1.29, 1.82) is 0 Å². The van der Waals surface area contributed by atoms with Gasteiger partial charge in [-0.25, -0.2) is 0 Å². The number of carbonyl (C=O) groups excluding carboxylic acids is 2. The van der Waals surface area contributed by atoms with Gasteiger partial charge in [0.25, 0.3) is 5.91 Å². The van der Waals surface area contributed by atoms with Gasteiger partial charge in [0.1, 0.15) is 4.32 Å². The average Bonchev–Trinajstić information content (AvgIpc) is 2.98. The fourth-order valence-electron chi connectivity index (χ4n) is 2.67. The molecule has 0 atom stereocenters. The number of thioether (sulfide) groups is 1. The van der Waals surface area contributed by atoms with E-state index in [0.29, 0.717) is 28.6 Å². The van der Waals surface area contributed by atoms with Gasteiger partial charge in [-0.05, 0) is 42.3 Å². The van der Waals surface area contributed by atoms with E-state index >= 15 is 0 Å². The van der Waals surface area contributed by atoms with Gasteiger partial charge < -0.3 is 5.32 Å². The van der Waals surface area contributed by atoms with E-state index in [4.69, 9.17) is 12.2 Å². The third-order valence-electron chi connectivity index (χ3n) is 4.12. The molecule has 4 nitrogen and oxygen atoms in total. The van der Waals surface area contributed by atoms with Crippen LogP contribution >= 0.6 is 39.9 Å². The molecule has 0 saturated carbocycles. The minimum Gasteiger partial charge on any atom is -0.326 e. The average molecular weight is 487 g/mol. The lowest BCUT2D eigenvalue weighted by Gasteiger charge is -2.14. The number of thiocarbonyl (C=S) groups is 1. The summed E-state index contributed by atoms with van der Waals surface area (Å²) in [4.78, 5) is 26.8. The highest BCUT2D eigenvalue weighted by Gasteiger charge is 2.31. The maximum atomic E-state index is 12.6. The summed E-state index contributed by atoms with van der Waals surface area (Å²) in [7, 11) is 0.